The molecule has 1 rings (SSSR count). The van der Waals surface area contributed by atoms with Crippen molar-refractivity contribution >= 4 is 33.6 Å². The van der Waals surface area contributed by atoms with Crippen LogP contribution in [0.3, 0.4) is 0 Å². The molecule has 1 nitrogen and oxygen atoms in total. The zero-order valence-corrected chi connectivity index (χ0v) is 10.5. The second kappa shape index (κ2) is 5.42. The molecule has 0 bridgehead atoms. The molecule has 0 amide bonds. The van der Waals surface area contributed by atoms with Crippen molar-refractivity contribution in [2.24, 2.45) is 0 Å². The number of allylic oxidation sites excluding steroid dienone is 1. The van der Waals surface area contributed by atoms with Crippen LogP contribution in [0.5, 0.6) is 5.75 Å². The molecule has 0 aliphatic rings. The van der Waals surface area contributed by atoms with Crippen LogP contribution < -0.4 is 4.74 Å². The minimum atomic E-state index is 0.537. The lowest BCUT2D eigenvalue weighted by atomic mass is 10.1. The van der Waals surface area contributed by atoms with E-state index in [1.54, 1.807) is 7.11 Å². The molecule has 14 heavy (non-hydrogen) atoms. The largest absolute Gasteiger partial charge is 0.496 e. The third-order valence-electron chi connectivity index (χ3n) is 1.80. The number of ether oxygens (including phenoxy) is 1. The maximum absolute atomic E-state index is 5.72. The average molecular weight is 276 g/mol. The summed E-state index contributed by atoms with van der Waals surface area (Å²) < 4.78 is 6.27. The Labute approximate surface area is 97.9 Å². The maximum atomic E-state index is 5.72. The molecule has 0 saturated carbocycles. The zero-order chi connectivity index (χ0) is 10.6. The van der Waals surface area contributed by atoms with E-state index in [-0.39, 0.29) is 0 Å². The summed E-state index contributed by atoms with van der Waals surface area (Å²) in [5.74, 6) is 1.40. The molecule has 76 valence electrons. The summed E-state index contributed by atoms with van der Waals surface area (Å²) >= 11 is 9.14. The van der Waals surface area contributed by atoms with Crippen LogP contribution in [0.4, 0.5) is 0 Å². The second-order valence-electron chi connectivity index (χ2n) is 3.01. The minimum absolute atomic E-state index is 0.537. The Morgan fingerprint density at radius 1 is 1.57 bits per heavy atom. The molecule has 1 aromatic carbocycles. The molecule has 0 aliphatic heterocycles. The number of alkyl halides is 1. The smallest absolute Gasteiger partial charge is 0.126 e. The fourth-order valence-electron chi connectivity index (χ4n) is 1.12. The van der Waals surface area contributed by atoms with Gasteiger partial charge in [-0.15, -0.1) is 11.6 Å². The highest BCUT2D eigenvalue weighted by Crippen LogP contribution is 2.25. The summed E-state index contributed by atoms with van der Waals surface area (Å²) in [6, 6.07) is 5.89. The van der Waals surface area contributed by atoms with Crippen LogP contribution in [0.25, 0.3) is 6.08 Å². The minimum Gasteiger partial charge on any atom is -0.496 e. The lowest BCUT2D eigenvalue weighted by molar-refractivity contribution is 0.413. The summed E-state index contributed by atoms with van der Waals surface area (Å²) in [6.07, 6.45) is 2.02. The van der Waals surface area contributed by atoms with E-state index >= 15 is 0 Å². The maximum Gasteiger partial charge on any atom is 0.126 e. The summed E-state index contributed by atoms with van der Waals surface area (Å²) in [7, 11) is 1.66. The van der Waals surface area contributed by atoms with Crippen LogP contribution in [0.15, 0.2) is 28.2 Å². The van der Waals surface area contributed by atoms with Gasteiger partial charge in [0.1, 0.15) is 5.75 Å². The van der Waals surface area contributed by atoms with Gasteiger partial charge >= 0.3 is 0 Å². The first-order valence-electron chi connectivity index (χ1n) is 4.24. The zero-order valence-electron chi connectivity index (χ0n) is 8.18. The first-order valence-corrected chi connectivity index (χ1v) is 5.57. The summed E-state index contributed by atoms with van der Waals surface area (Å²) in [5, 5.41) is 0. The van der Waals surface area contributed by atoms with Crippen LogP contribution in [0.2, 0.25) is 0 Å². The highest BCUT2D eigenvalue weighted by Gasteiger charge is 2.00. The molecule has 0 saturated heterocycles. The van der Waals surface area contributed by atoms with E-state index in [9.17, 15) is 0 Å². The molecular formula is C11H12BrClO. The molecule has 0 unspecified atom stereocenters. The van der Waals surface area contributed by atoms with Gasteiger partial charge in [0.25, 0.3) is 0 Å². The van der Waals surface area contributed by atoms with Crippen molar-refractivity contribution in [1.82, 2.24) is 0 Å². The van der Waals surface area contributed by atoms with Crippen molar-refractivity contribution < 1.29 is 4.74 Å². The summed E-state index contributed by atoms with van der Waals surface area (Å²) in [5.41, 5.74) is 2.16. The number of hydrogen-bond donors (Lipinski definition) is 0. The van der Waals surface area contributed by atoms with Gasteiger partial charge in [0.05, 0.1) is 7.11 Å². The Hall–Kier alpha value is -0.470. The van der Waals surface area contributed by atoms with Gasteiger partial charge in [0, 0.05) is 15.9 Å². The third-order valence-corrected chi connectivity index (χ3v) is 2.72. The fourth-order valence-corrected chi connectivity index (χ4v) is 1.58. The molecule has 0 aliphatic carbocycles. The van der Waals surface area contributed by atoms with Crippen molar-refractivity contribution in [2.45, 2.75) is 6.92 Å². The highest BCUT2D eigenvalue weighted by atomic mass is 79.9. The van der Waals surface area contributed by atoms with Gasteiger partial charge in [-0.2, -0.15) is 0 Å². The molecule has 0 fully saturated rings. The van der Waals surface area contributed by atoms with Crippen molar-refractivity contribution in [3.63, 3.8) is 0 Å². The lowest BCUT2D eigenvalue weighted by Gasteiger charge is -2.05. The predicted molar refractivity (Wildman–Crippen MR) is 65.1 cm³/mol. The van der Waals surface area contributed by atoms with Crippen molar-refractivity contribution in [3.05, 3.63) is 33.8 Å². The molecule has 3 heteroatoms. The normalized spacial score (nSPS) is 11.6. The van der Waals surface area contributed by atoms with E-state index in [1.807, 2.05) is 31.2 Å². The van der Waals surface area contributed by atoms with Gasteiger partial charge in [-0.25, -0.2) is 0 Å². The number of hydrogen-bond acceptors (Lipinski definition) is 1. The molecule has 0 aromatic heterocycles. The van der Waals surface area contributed by atoms with Gasteiger partial charge in [0.15, 0.2) is 0 Å². The summed E-state index contributed by atoms with van der Waals surface area (Å²) in [4.78, 5) is 0. The van der Waals surface area contributed by atoms with Crippen molar-refractivity contribution in [1.29, 1.82) is 0 Å². The average Bonchev–Trinajstić information content (AvgIpc) is 2.18. The highest BCUT2D eigenvalue weighted by molar-refractivity contribution is 9.10. The van der Waals surface area contributed by atoms with Crippen LogP contribution in [0.1, 0.15) is 12.5 Å². The lowest BCUT2D eigenvalue weighted by Crippen LogP contribution is -1.87. The first kappa shape index (κ1) is 11.6. The van der Waals surface area contributed by atoms with E-state index < -0.39 is 0 Å². The SMILES string of the molecule is COc1ccc(Br)cc1C=C(C)CCl. The quantitative estimate of drug-likeness (QED) is 0.755. The molecule has 0 N–H and O–H groups in total. The molecule has 0 heterocycles. The monoisotopic (exact) mass is 274 g/mol. The van der Waals surface area contributed by atoms with Crippen LogP contribution in [-0.2, 0) is 0 Å². The van der Waals surface area contributed by atoms with Gasteiger partial charge < -0.3 is 4.74 Å². The Balaban J connectivity index is 3.11. The van der Waals surface area contributed by atoms with Crippen molar-refractivity contribution in [2.75, 3.05) is 13.0 Å². The first-order chi connectivity index (χ1) is 6.67. The number of halogens is 2. The van der Waals surface area contributed by atoms with E-state index in [4.69, 9.17) is 16.3 Å². The Kier molecular flexibility index (Phi) is 4.49. The van der Waals surface area contributed by atoms with E-state index in [1.165, 1.54) is 0 Å². The standard InChI is InChI=1S/C11H12BrClO/c1-8(7-13)5-9-6-10(12)3-4-11(9)14-2/h3-6H,7H2,1-2H3. The molecule has 0 atom stereocenters. The van der Waals surface area contributed by atoms with Gasteiger partial charge in [0.2, 0.25) is 0 Å². The van der Waals surface area contributed by atoms with Gasteiger partial charge in [-0.05, 0) is 25.1 Å². The number of rotatable bonds is 3. The summed E-state index contributed by atoms with van der Waals surface area (Å²) in [6.45, 7) is 1.99. The molecule has 0 spiro atoms. The van der Waals surface area contributed by atoms with Crippen LogP contribution >= 0.6 is 27.5 Å². The predicted octanol–water partition coefficient (Wildman–Crippen LogP) is 4.10. The molecule has 1 aromatic rings. The molecule has 0 radical (unpaired) electrons. The third kappa shape index (κ3) is 3.03. The van der Waals surface area contributed by atoms with E-state index in [0.29, 0.717) is 5.88 Å². The number of methoxy groups -OCH3 is 1. The van der Waals surface area contributed by atoms with E-state index in [0.717, 1.165) is 21.4 Å². The molecular weight excluding hydrogens is 263 g/mol. The van der Waals surface area contributed by atoms with Gasteiger partial charge in [-0.1, -0.05) is 27.6 Å². The topological polar surface area (TPSA) is 9.23 Å². The van der Waals surface area contributed by atoms with Crippen LogP contribution in [-0.4, -0.2) is 13.0 Å². The Morgan fingerprint density at radius 2 is 2.29 bits per heavy atom. The number of benzene rings is 1. The van der Waals surface area contributed by atoms with Gasteiger partial charge in [-0.3, -0.25) is 0 Å². The Bertz CT molecular complexity index is 347. The van der Waals surface area contributed by atoms with Crippen molar-refractivity contribution in [3.8, 4) is 5.75 Å². The second-order valence-corrected chi connectivity index (χ2v) is 4.19. The fraction of sp³-hybridized carbons (Fsp3) is 0.273. The van der Waals surface area contributed by atoms with Crippen LogP contribution in [0, 0.1) is 0 Å². The van der Waals surface area contributed by atoms with E-state index in [2.05, 4.69) is 15.9 Å². The Morgan fingerprint density at radius 3 is 2.86 bits per heavy atom.